The molecule has 0 bridgehead atoms. The van der Waals surface area contributed by atoms with Gasteiger partial charge in [-0.1, -0.05) is 6.07 Å². The number of nitrogens with zero attached hydrogens (tertiary/aromatic N) is 1. The molecule has 1 aliphatic heterocycles. The summed E-state index contributed by atoms with van der Waals surface area (Å²) in [6, 6.07) is 4.88. The van der Waals surface area contributed by atoms with Crippen molar-refractivity contribution < 1.29 is 14.3 Å². The molecule has 0 aliphatic carbocycles. The highest BCUT2D eigenvalue weighted by Crippen LogP contribution is 2.16. The molecule has 2 amide bonds. The van der Waals surface area contributed by atoms with Crippen LogP contribution in [0.25, 0.3) is 0 Å². The van der Waals surface area contributed by atoms with Crippen molar-refractivity contribution in [1.82, 2.24) is 4.90 Å². The molecule has 1 fully saturated rings. The van der Waals surface area contributed by atoms with Crippen molar-refractivity contribution in [3.63, 3.8) is 0 Å². The summed E-state index contributed by atoms with van der Waals surface area (Å²) in [5, 5.41) is 0. The molecule has 108 valence electrons. The zero-order valence-corrected chi connectivity index (χ0v) is 11.3. The standard InChI is InChI=1S/C14H19N3O3/c15-13(18)11-2-1-3-12(14(16)19)10(11)4-5-17-6-8-20-9-7-17/h1-3H,4-9H2,(H2,15,18)(H2,16,19). The maximum Gasteiger partial charge on any atom is 0.249 e. The normalized spacial score (nSPS) is 16.0. The third kappa shape index (κ3) is 3.34. The molecule has 6 nitrogen and oxygen atoms in total. The average molecular weight is 277 g/mol. The van der Waals surface area contributed by atoms with E-state index in [0.717, 1.165) is 19.6 Å². The van der Waals surface area contributed by atoms with E-state index in [4.69, 9.17) is 16.2 Å². The molecule has 6 heteroatoms. The molecule has 20 heavy (non-hydrogen) atoms. The fraction of sp³-hybridized carbons (Fsp3) is 0.429. The molecule has 0 aromatic heterocycles. The van der Waals surface area contributed by atoms with Gasteiger partial charge in [-0.3, -0.25) is 14.5 Å². The van der Waals surface area contributed by atoms with Crippen LogP contribution in [0.15, 0.2) is 18.2 Å². The van der Waals surface area contributed by atoms with Crippen molar-refractivity contribution in [3.05, 3.63) is 34.9 Å². The maximum atomic E-state index is 11.5. The number of nitrogens with two attached hydrogens (primary N) is 2. The Hall–Kier alpha value is -1.92. The monoisotopic (exact) mass is 277 g/mol. The van der Waals surface area contributed by atoms with E-state index in [1.165, 1.54) is 0 Å². The predicted octanol–water partition coefficient (Wildman–Crippen LogP) is -0.241. The van der Waals surface area contributed by atoms with E-state index < -0.39 is 11.8 Å². The zero-order valence-electron chi connectivity index (χ0n) is 11.3. The number of benzene rings is 1. The predicted molar refractivity (Wildman–Crippen MR) is 74.4 cm³/mol. The summed E-state index contributed by atoms with van der Waals surface area (Å²) in [6.45, 7) is 3.86. The van der Waals surface area contributed by atoms with E-state index >= 15 is 0 Å². The van der Waals surface area contributed by atoms with Crippen LogP contribution in [0.3, 0.4) is 0 Å². The lowest BCUT2D eigenvalue weighted by molar-refractivity contribution is 0.0384. The van der Waals surface area contributed by atoms with E-state index in [1.54, 1.807) is 18.2 Å². The molecule has 1 saturated heterocycles. The Morgan fingerprint density at radius 3 is 2.15 bits per heavy atom. The van der Waals surface area contributed by atoms with Crippen molar-refractivity contribution in [2.24, 2.45) is 11.5 Å². The van der Waals surface area contributed by atoms with Gasteiger partial charge in [0, 0.05) is 30.8 Å². The van der Waals surface area contributed by atoms with Crippen LogP contribution < -0.4 is 11.5 Å². The molecule has 1 aromatic rings. The molecule has 0 spiro atoms. The van der Waals surface area contributed by atoms with E-state index in [0.29, 0.717) is 36.3 Å². The zero-order chi connectivity index (χ0) is 14.5. The molecule has 1 aliphatic rings. The van der Waals surface area contributed by atoms with E-state index in [1.807, 2.05) is 0 Å². The molecule has 1 heterocycles. The Balaban J connectivity index is 2.19. The van der Waals surface area contributed by atoms with Crippen molar-refractivity contribution in [1.29, 1.82) is 0 Å². The smallest absolute Gasteiger partial charge is 0.249 e. The minimum absolute atomic E-state index is 0.370. The molecule has 0 radical (unpaired) electrons. The molecule has 0 unspecified atom stereocenters. The lowest BCUT2D eigenvalue weighted by Gasteiger charge is -2.27. The second-order valence-corrected chi connectivity index (χ2v) is 4.76. The van der Waals surface area contributed by atoms with Crippen LogP contribution in [0, 0.1) is 0 Å². The third-order valence-electron chi connectivity index (χ3n) is 3.49. The first kappa shape index (κ1) is 14.5. The summed E-state index contributed by atoms with van der Waals surface area (Å²) in [7, 11) is 0. The van der Waals surface area contributed by atoms with Gasteiger partial charge < -0.3 is 16.2 Å². The van der Waals surface area contributed by atoms with Crippen LogP contribution in [-0.2, 0) is 11.2 Å². The molecule has 1 aromatic carbocycles. The lowest BCUT2D eigenvalue weighted by atomic mass is 9.97. The molecular weight excluding hydrogens is 258 g/mol. The second-order valence-electron chi connectivity index (χ2n) is 4.76. The van der Waals surface area contributed by atoms with Gasteiger partial charge >= 0.3 is 0 Å². The fourth-order valence-electron chi connectivity index (χ4n) is 2.41. The highest BCUT2D eigenvalue weighted by molar-refractivity contribution is 6.01. The van der Waals surface area contributed by atoms with Crippen molar-refractivity contribution >= 4 is 11.8 Å². The summed E-state index contributed by atoms with van der Waals surface area (Å²) < 4.78 is 5.29. The number of carbonyl (C=O) groups is 2. The average Bonchev–Trinajstić information content (AvgIpc) is 2.45. The Bertz CT molecular complexity index is 478. The summed E-state index contributed by atoms with van der Waals surface area (Å²) in [4.78, 5) is 25.2. The summed E-state index contributed by atoms with van der Waals surface area (Å²) in [6.07, 6.45) is 0.567. The van der Waals surface area contributed by atoms with Crippen LogP contribution in [0.5, 0.6) is 0 Å². The first-order valence-electron chi connectivity index (χ1n) is 6.61. The lowest BCUT2D eigenvalue weighted by Crippen LogP contribution is -2.38. The van der Waals surface area contributed by atoms with Gasteiger partial charge in [0.1, 0.15) is 0 Å². The Morgan fingerprint density at radius 1 is 1.10 bits per heavy atom. The molecule has 4 N–H and O–H groups in total. The summed E-state index contributed by atoms with van der Waals surface area (Å²) in [5.41, 5.74) is 12.1. The van der Waals surface area contributed by atoms with Gasteiger partial charge in [-0.25, -0.2) is 0 Å². The number of carbonyl (C=O) groups excluding carboxylic acids is 2. The largest absolute Gasteiger partial charge is 0.379 e. The van der Waals surface area contributed by atoms with Gasteiger partial charge in [0.05, 0.1) is 13.2 Å². The van der Waals surface area contributed by atoms with E-state index in [9.17, 15) is 9.59 Å². The number of rotatable bonds is 5. The summed E-state index contributed by atoms with van der Waals surface area (Å²) >= 11 is 0. The van der Waals surface area contributed by atoms with Crippen LogP contribution in [0.2, 0.25) is 0 Å². The van der Waals surface area contributed by atoms with Gasteiger partial charge in [0.25, 0.3) is 0 Å². The maximum absolute atomic E-state index is 11.5. The first-order chi connectivity index (χ1) is 9.59. The van der Waals surface area contributed by atoms with Gasteiger partial charge in [-0.15, -0.1) is 0 Å². The fourth-order valence-corrected chi connectivity index (χ4v) is 2.41. The Morgan fingerprint density at radius 2 is 1.65 bits per heavy atom. The van der Waals surface area contributed by atoms with Crippen molar-refractivity contribution in [2.45, 2.75) is 6.42 Å². The van der Waals surface area contributed by atoms with Crippen LogP contribution in [0.4, 0.5) is 0 Å². The second kappa shape index (κ2) is 6.49. The van der Waals surface area contributed by atoms with E-state index in [-0.39, 0.29) is 0 Å². The summed E-state index contributed by atoms with van der Waals surface area (Å²) in [5.74, 6) is -1.07. The minimum atomic E-state index is -0.537. The molecule has 0 atom stereocenters. The number of primary amides is 2. The highest BCUT2D eigenvalue weighted by Gasteiger charge is 2.17. The minimum Gasteiger partial charge on any atom is -0.379 e. The van der Waals surface area contributed by atoms with E-state index in [2.05, 4.69) is 4.90 Å². The topological polar surface area (TPSA) is 98.7 Å². The number of hydrogen-bond donors (Lipinski definition) is 2. The highest BCUT2D eigenvalue weighted by atomic mass is 16.5. The van der Waals surface area contributed by atoms with Crippen LogP contribution in [0.1, 0.15) is 26.3 Å². The van der Waals surface area contributed by atoms with Crippen LogP contribution in [-0.4, -0.2) is 49.6 Å². The number of morpholine rings is 1. The van der Waals surface area contributed by atoms with Gasteiger partial charge in [0.2, 0.25) is 11.8 Å². The molecule has 2 rings (SSSR count). The quantitative estimate of drug-likeness (QED) is 0.776. The van der Waals surface area contributed by atoms with Gasteiger partial charge in [-0.2, -0.15) is 0 Å². The van der Waals surface area contributed by atoms with Gasteiger partial charge in [-0.05, 0) is 24.1 Å². The number of amides is 2. The number of ether oxygens (including phenoxy) is 1. The SMILES string of the molecule is NC(=O)c1cccc(C(N)=O)c1CCN1CCOCC1. The molecular formula is C14H19N3O3. The number of hydrogen-bond acceptors (Lipinski definition) is 4. The Labute approximate surface area is 117 Å². The first-order valence-corrected chi connectivity index (χ1v) is 6.61. The van der Waals surface area contributed by atoms with Crippen LogP contribution >= 0.6 is 0 Å². The van der Waals surface area contributed by atoms with Crippen molar-refractivity contribution in [2.75, 3.05) is 32.8 Å². The third-order valence-corrected chi connectivity index (χ3v) is 3.49. The van der Waals surface area contributed by atoms with Crippen molar-refractivity contribution in [3.8, 4) is 0 Å². The Kier molecular flexibility index (Phi) is 4.70. The molecule has 0 saturated carbocycles. The van der Waals surface area contributed by atoms with Gasteiger partial charge in [0.15, 0.2) is 0 Å².